The van der Waals surface area contributed by atoms with Gasteiger partial charge in [-0.1, -0.05) is 13.8 Å². The summed E-state index contributed by atoms with van der Waals surface area (Å²) in [7, 11) is 0. The number of halogens is 1. The van der Waals surface area contributed by atoms with Gasteiger partial charge in [0.25, 0.3) is 0 Å². The zero-order valence-electron chi connectivity index (χ0n) is 12.4. The van der Waals surface area contributed by atoms with Gasteiger partial charge < -0.3 is 10.1 Å². The Morgan fingerprint density at radius 1 is 1.43 bits per heavy atom. The molecule has 3 rings (SSSR count). The van der Waals surface area contributed by atoms with Gasteiger partial charge >= 0.3 is 0 Å². The Kier molecular flexibility index (Phi) is 4.33. The molecule has 0 bridgehead atoms. The fourth-order valence-corrected chi connectivity index (χ4v) is 4.01. The summed E-state index contributed by atoms with van der Waals surface area (Å²) >= 11 is 7.62. The second-order valence-corrected chi connectivity index (χ2v) is 6.79. The van der Waals surface area contributed by atoms with Crippen molar-refractivity contribution >= 4 is 39.0 Å². The topological polar surface area (TPSA) is 47.0 Å². The average Bonchev–Trinajstić information content (AvgIpc) is 2.95. The van der Waals surface area contributed by atoms with Crippen LogP contribution in [0.25, 0.3) is 10.2 Å². The Bertz CT molecular complexity index is 626. The van der Waals surface area contributed by atoms with Gasteiger partial charge in [-0.05, 0) is 48.7 Å². The molecule has 2 aromatic rings. The molecule has 3 heterocycles. The lowest BCUT2D eigenvalue weighted by Gasteiger charge is -2.40. The maximum atomic E-state index is 6.03. The molecule has 0 saturated carbocycles. The third kappa shape index (κ3) is 3.00. The molecule has 1 aliphatic rings. The third-order valence-corrected chi connectivity index (χ3v) is 5.40. The van der Waals surface area contributed by atoms with Gasteiger partial charge in [0.2, 0.25) is 5.28 Å². The highest BCUT2D eigenvalue weighted by Gasteiger charge is 2.34. The second-order valence-electron chi connectivity index (χ2n) is 5.55. The number of fused-ring (bicyclic) bond motifs is 1. The zero-order chi connectivity index (χ0) is 14.9. The summed E-state index contributed by atoms with van der Waals surface area (Å²) in [4.78, 5) is 9.57. The predicted molar refractivity (Wildman–Crippen MR) is 88.3 cm³/mol. The third-order valence-electron chi connectivity index (χ3n) is 4.42. The fourth-order valence-electron chi connectivity index (χ4n) is 3.03. The van der Waals surface area contributed by atoms with E-state index in [0.717, 1.165) is 48.3 Å². The molecule has 114 valence electrons. The van der Waals surface area contributed by atoms with Gasteiger partial charge in [-0.3, -0.25) is 0 Å². The molecule has 1 fully saturated rings. The number of rotatable bonds is 4. The number of hydrogen-bond donors (Lipinski definition) is 1. The molecule has 2 aromatic heterocycles. The fraction of sp³-hybridized carbons (Fsp3) is 0.600. The molecule has 1 atom stereocenters. The largest absolute Gasteiger partial charge is 0.375 e. The van der Waals surface area contributed by atoms with Crippen LogP contribution in [0.1, 0.15) is 39.5 Å². The van der Waals surface area contributed by atoms with Crippen LogP contribution >= 0.6 is 22.9 Å². The molecule has 0 spiro atoms. The lowest BCUT2D eigenvalue weighted by Crippen LogP contribution is -2.43. The standard InChI is InChI=1S/C15H20ClN3OS/c1-3-15(4-2)9-10(5-7-20-15)17-12-11-6-8-21-13(11)19-14(16)18-12/h6,8,10H,3-5,7,9H2,1-2H3,(H,17,18,19). The van der Waals surface area contributed by atoms with E-state index in [9.17, 15) is 0 Å². The van der Waals surface area contributed by atoms with Crippen molar-refractivity contribution in [2.45, 2.75) is 51.2 Å². The molecule has 4 nitrogen and oxygen atoms in total. The minimum absolute atomic E-state index is 0.000500. The quantitative estimate of drug-likeness (QED) is 0.841. The Morgan fingerprint density at radius 2 is 2.24 bits per heavy atom. The number of nitrogens with zero attached hydrogens (tertiary/aromatic N) is 2. The van der Waals surface area contributed by atoms with Crippen LogP contribution in [0.4, 0.5) is 5.82 Å². The van der Waals surface area contributed by atoms with E-state index in [1.165, 1.54) is 0 Å². The molecule has 1 aliphatic heterocycles. The van der Waals surface area contributed by atoms with Gasteiger partial charge in [-0.25, -0.2) is 9.97 Å². The van der Waals surface area contributed by atoms with Gasteiger partial charge in [-0.2, -0.15) is 0 Å². The number of ether oxygens (including phenoxy) is 1. The molecule has 6 heteroatoms. The number of anilines is 1. The Hall–Kier alpha value is -0.910. The van der Waals surface area contributed by atoms with Crippen LogP contribution in [0.3, 0.4) is 0 Å². The number of thiophene rings is 1. The van der Waals surface area contributed by atoms with Crippen molar-refractivity contribution < 1.29 is 4.74 Å². The Balaban J connectivity index is 1.83. The van der Waals surface area contributed by atoms with Crippen LogP contribution in [0.5, 0.6) is 0 Å². The van der Waals surface area contributed by atoms with Gasteiger partial charge in [0.05, 0.1) is 11.0 Å². The summed E-state index contributed by atoms with van der Waals surface area (Å²) in [6.07, 6.45) is 4.09. The lowest BCUT2D eigenvalue weighted by atomic mass is 9.86. The Morgan fingerprint density at radius 3 is 3.00 bits per heavy atom. The molecule has 1 unspecified atom stereocenters. The van der Waals surface area contributed by atoms with Crippen LogP contribution < -0.4 is 5.32 Å². The number of nitrogens with one attached hydrogen (secondary N) is 1. The summed E-state index contributed by atoms with van der Waals surface area (Å²) in [6.45, 7) is 5.19. The van der Waals surface area contributed by atoms with Crippen molar-refractivity contribution in [2.75, 3.05) is 11.9 Å². The first-order valence-corrected chi connectivity index (χ1v) is 8.73. The van der Waals surface area contributed by atoms with E-state index in [-0.39, 0.29) is 5.60 Å². The van der Waals surface area contributed by atoms with E-state index >= 15 is 0 Å². The van der Waals surface area contributed by atoms with Crippen LogP contribution in [0.15, 0.2) is 11.4 Å². The molecule has 0 amide bonds. The predicted octanol–water partition coefficient (Wildman–Crippen LogP) is 4.49. The maximum absolute atomic E-state index is 6.03. The van der Waals surface area contributed by atoms with E-state index in [1.807, 2.05) is 11.4 Å². The van der Waals surface area contributed by atoms with E-state index in [0.29, 0.717) is 11.3 Å². The minimum Gasteiger partial charge on any atom is -0.375 e. The van der Waals surface area contributed by atoms with E-state index in [4.69, 9.17) is 16.3 Å². The number of hydrogen-bond acceptors (Lipinski definition) is 5. The van der Waals surface area contributed by atoms with Crippen LogP contribution in [0, 0.1) is 0 Å². The summed E-state index contributed by atoms with van der Waals surface area (Å²) in [5.41, 5.74) is 0.000500. The van der Waals surface area contributed by atoms with Gasteiger partial charge in [-0.15, -0.1) is 11.3 Å². The number of aromatic nitrogens is 2. The van der Waals surface area contributed by atoms with Gasteiger partial charge in [0.15, 0.2) is 0 Å². The van der Waals surface area contributed by atoms with Gasteiger partial charge in [0.1, 0.15) is 10.6 Å². The van der Waals surface area contributed by atoms with Crippen molar-refractivity contribution in [1.29, 1.82) is 0 Å². The van der Waals surface area contributed by atoms with Crippen molar-refractivity contribution in [3.63, 3.8) is 0 Å². The zero-order valence-corrected chi connectivity index (χ0v) is 13.9. The van der Waals surface area contributed by atoms with Crippen molar-refractivity contribution in [3.05, 3.63) is 16.7 Å². The van der Waals surface area contributed by atoms with E-state index < -0.39 is 0 Å². The van der Waals surface area contributed by atoms with Crippen LogP contribution in [-0.2, 0) is 4.74 Å². The summed E-state index contributed by atoms with van der Waals surface area (Å²) < 4.78 is 6.03. The molecule has 1 N–H and O–H groups in total. The van der Waals surface area contributed by atoms with Crippen molar-refractivity contribution in [1.82, 2.24) is 9.97 Å². The molecular weight excluding hydrogens is 306 g/mol. The molecule has 0 aromatic carbocycles. The summed E-state index contributed by atoms with van der Waals surface area (Å²) in [5, 5.41) is 6.94. The highest BCUT2D eigenvalue weighted by Crippen LogP contribution is 2.34. The smallest absolute Gasteiger partial charge is 0.225 e. The highest BCUT2D eigenvalue weighted by atomic mass is 35.5. The van der Waals surface area contributed by atoms with Crippen molar-refractivity contribution in [2.24, 2.45) is 0 Å². The molecular formula is C15H20ClN3OS. The molecule has 0 radical (unpaired) electrons. The van der Waals surface area contributed by atoms with Gasteiger partial charge in [0, 0.05) is 12.6 Å². The first kappa shape index (κ1) is 15.0. The highest BCUT2D eigenvalue weighted by molar-refractivity contribution is 7.16. The SMILES string of the molecule is CCC1(CC)CC(Nc2nc(Cl)nc3sccc23)CCO1. The molecule has 21 heavy (non-hydrogen) atoms. The lowest BCUT2D eigenvalue weighted by molar-refractivity contribution is -0.0864. The van der Waals surface area contributed by atoms with E-state index in [1.54, 1.807) is 11.3 Å². The minimum atomic E-state index is 0.000500. The molecule has 1 saturated heterocycles. The van der Waals surface area contributed by atoms with E-state index in [2.05, 4.69) is 29.1 Å². The monoisotopic (exact) mass is 325 g/mol. The summed E-state index contributed by atoms with van der Waals surface area (Å²) in [6, 6.07) is 2.41. The first-order chi connectivity index (χ1) is 10.2. The second kappa shape index (κ2) is 6.07. The van der Waals surface area contributed by atoms with Crippen LogP contribution in [0.2, 0.25) is 5.28 Å². The Labute approximate surface area is 133 Å². The molecule has 0 aliphatic carbocycles. The maximum Gasteiger partial charge on any atom is 0.225 e. The van der Waals surface area contributed by atoms with Crippen molar-refractivity contribution in [3.8, 4) is 0 Å². The normalized spacial score (nSPS) is 21.6. The first-order valence-electron chi connectivity index (χ1n) is 7.47. The summed E-state index contributed by atoms with van der Waals surface area (Å²) in [5.74, 6) is 0.847. The van der Waals surface area contributed by atoms with Crippen LogP contribution in [-0.4, -0.2) is 28.2 Å². The average molecular weight is 326 g/mol.